The van der Waals surface area contributed by atoms with Crippen LogP contribution in [-0.2, 0) is 16.0 Å². The number of methoxy groups -OCH3 is 1. The van der Waals surface area contributed by atoms with Crippen molar-refractivity contribution in [1.29, 1.82) is 0 Å². The molecule has 212 valence electrons. The summed E-state index contributed by atoms with van der Waals surface area (Å²) >= 11 is 6.38. The van der Waals surface area contributed by atoms with Gasteiger partial charge in [0, 0.05) is 49.2 Å². The van der Waals surface area contributed by atoms with Gasteiger partial charge in [-0.2, -0.15) is 0 Å². The average molecular weight is 575 g/mol. The molecular formula is C30H31ClN6O4. The summed E-state index contributed by atoms with van der Waals surface area (Å²) in [4.78, 5) is 35.3. The van der Waals surface area contributed by atoms with E-state index in [-0.39, 0.29) is 25.0 Å². The summed E-state index contributed by atoms with van der Waals surface area (Å²) in [7, 11) is 5.40. The molecule has 0 saturated carbocycles. The maximum atomic E-state index is 13.0. The van der Waals surface area contributed by atoms with Crippen LogP contribution in [0.25, 0.3) is 11.3 Å². The van der Waals surface area contributed by atoms with Gasteiger partial charge in [0.05, 0.1) is 53.5 Å². The third-order valence-electron chi connectivity index (χ3n) is 6.72. The summed E-state index contributed by atoms with van der Waals surface area (Å²) in [6, 6.07) is 7.21. The summed E-state index contributed by atoms with van der Waals surface area (Å²) in [5.74, 6) is 6.47. The number of nitrogens with zero attached hydrogens (tertiary/aromatic N) is 2. The fraction of sp³-hybridized carbons (Fsp3) is 0.300. The van der Waals surface area contributed by atoms with Crippen LogP contribution in [0.1, 0.15) is 21.6 Å². The van der Waals surface area contributed by atoms with E-state index in [4.69, 9.17) is 21.1 Å². The molecule has 4 heterocycles. The van der Waals surface area contributed by atoms with Gasteiger partial charge in [-0.25, -0.2) is 0 Å². The molecule has 1 aromatic carbocycles. The van der Waals surface area contributed by atoms with Crippen LogP contribution in [0.2, 0.25) is 5.02 Å². The molecule has 0 unspecified atom stereocenters. The third kappa shape index (κ3) is 6.07. The molecule has 1 saturated heterocycles. The summed E-state index contributed by atoms with van der Waals surface area (Å²) in [6.45, 7) is 1.74. The maximum Gasteiger partial charge on any atom is 0.255 e. The zero-order valence-electron chi connectivity index (χ0n) is 23.1. The number of benzene rings is 1. The van der Waals surface area contributed by atoms with E-state index < -0.39 is 5.54 Å². The number of H-pyrrole nitrogens is 1. The molecule has 0 aliphatic carbocycles. The van der Waals surface area contributed by atoms with Gasteiger partial charge in [-0.3, -0.25) is 14.6 Å². The van der Waals surface area contributed by atoms with Crippen LogP contribution in [0.15, 0.2) is 48.8 Å². The number of rotatable bonds is 8. The Labute approximate surface area is 243 Å². The first-order valence-corrected chi connectivity index (χ1v) is 13.5. The predicted octanol–water partition coefficient (Wildman–Crippen LogP) is 3.12. The van der Waals surface area contributed by atoms with E-state index in [1.54, 1.807) is 37.7 Å². The van der Waals surface area contributed by atoms with Crippen molar-refractivity contribution in [2.24, 2.45) is 0 Å². The van der Waals surface area contributed by atoms with Crippen LogP contribution in [0, 0.1) is 11.8 Å². The van der Waals surface area contributed by atoms with Crippen molar-refractivity contribution in [3.05, 3.63) is 70.7 Å². The molecule has 2 aromatic heterocycles. The summed E-state index contributed by atoms with van der Waals surface area (Å²) in [6.07, 6.45) is 7.28. The molecule has 0 spiro atoms. The highest BCUT2D eigenvalue weighted by molar-refractivity contribution is 6.32. The fourth-order valence-corrected chi connectivity index (χ4v) is 4.94. The lowest BCUT2D eigenvalue weighted by Gasteiger charge is -2.37. The monoisotopic (exact) mass is 574 g/mol. The number of hydrogen-bond acceptors (Lipinski definition) is 7. The van der Waals surface area contributed by atoms with Crippen molar-refractivity contribution in [1.82, 2.24) is 25.5 Å². The number of fused-ring (bicyclic) bond motifs is 1. The zero-order valence-corrected chi connectivity index (χ0v) is 23.8. The number of hydrogen-bond donors (Lipinski definition) is 4. The molecule has 41 heavy (non-hydrogen) atoms. The predicted molar refractivity (Wildman–Crippen MR) is 158 cm³/mol. The van der Waals surface area contributed by atoms with Crippen molar-refractivity contribution in [3.63, 3.8) is 0 Å². The lowest BCUT2D eigenvalue weighted by Crippen LogP contribution is -2.61. The van der Waals surface area contributed by atoms with Gasteiger partial charge in [-0.1, -0.05) is 35.6 Å². The van der Waals surface area contributed by atoms with Gasteiger partial charge >= 0.3 is 0 Å². The number of amides is 2. The van der Waals surface area contributed by atoms with E-state index in [1.165, 1.54) is 6.08 Å². The largest absolute Gasteiger partial charge is 0.493 e. The first-order chi connectivity index (χ1) is 19.8. The van der Waals surface area contributed by atoms with E-state index in [0.717, 1.165) is 11.3 Å². The Morgan fingerprint density at radius 3 is 2.88 bits per heavy atom. The molecule has 2 aliphatic heterocycles. The molecule has 0 bridgehead atoms. The number of aromatic nitrogens is 2. The molecule has 0 atom stereocenters. The highest BCUT2D eigenvalue weighted by Crippen LogP contribution is 2.41. The normalized spacial score (nSPS) is 15.4. The first-order valence-electron chi connectivity index (χ1n) is 13.1. The van der Waals surface area contributed by atoms with Crippen LogP contribution in [0.3, 0.4) is 0 Å². The molecule has 4 N–H and O–H groups in total. The summed E-state index contributed by atoms with van der Waals surface area (Å²) in [5.41, 5.74) is 3.74. The molecular weight excluding hydrogens is 544 g/mol. The Balaban J connectivity index is 1.53. The van der Waals surface area contributed by atoms with Crippen LogP contribution in [0.4, 0.5) is 11.4 Å². The summed E-state index contributed by atoms with van der Waals surface area (Å²) in [5, 5.41) is 9.73. The van der Waals surface area contributed by atoms with Crippen LogP contribution < -0.4 is 20.7 Å². The molecule has 2 aliphatic rings. The van der Waals surface area contributed by atoms with Gasteiger partial charge in [-0.05, 0) is 32.3 Å². The number of halogens is 1. The smallest absolute Gasteiger partial charge is 0.255 e. The number of anilines is 2. The molecule has 0 radical (unpaired) electrons. The second kappa shape index (κ2) is 12.1. The van der Waals surface area contributed by atoms with Crippen molar-refractivity contribution < 1.29 is 19.1 Å². The topological polar surface area (TPSA) is 121 Å². The van der Waals surface area contributed by atoms with Gasteiger partial charge in [0.15, 0.2) is 5.75 Å². The lowest BCUT2D eigenvalue weighted by molar-refractivity contribution is -0.123. The Bertz CT molecular complexity index is 1560. The van der Waals surface area contributed by atoms with Gasteiger partial charge < -0.3 is 35.3 Å². The number of pyridine rings is 1. The van der Waals surface area contributed by atoms with Gasteiger partial charge in [0.25, 0.3) is 5.91 Å². The SMILES string of the molecule is COc1c(Cl)cccc1Nc1c(-c2ccncc2C#CC2(NC(=O)/C=C/CN(C)C)COC2)[nH]c2c1C(=O)NCC2. The molecule has 10 nitrogen and oxygen atoms in total. The number of carbonyl (C=O) groups is 2. The van der Waals surface area contributed by atoms with E-state index in [9.17, 15) is 9.59 Å². The molecule has 1 fully saturated rings. The van der Waals surface area contributed by atoms with E-state index in [1.807, 2.05) is 31.1 Å². The van der Waals surface area contributed by atoms with E-state index >= 15 is 0 Å². The Hall–Kier alpha value is -4.30. The standard InChI is InChI=1S/C30H31ClN6O4/c1-37(2)15-5-8-24(38)36-30(17-41-18-30)12-9-19-16-32-13-10-20(19)26-27(25-22(34-26)11-14-33-29(25)39)35-23-7-4-6-21(31)28(23)40-3/h4-8,10,13,16,34-35H,11,14-15,17-18H2,1-3H3,(H,33,39)(H,36,38)/b8-5+. The molecule has 2 amide bonds. The molecule has 5 rings (SSSR count). The minimum absolute atomic E-state index is 0.186. The van der Waals surface area contributed by atoms with Crippen molar-refractivity contribution in [2.45, 2.75) is 12.0 Å². The van der Waals surface area contributed by atoms with Crippen LogP contribution in [0.5, 0.6) is 5.75 Å². The second-order valence-electron chi connectivity index (χ2n) is 10.1. The van der Waals surface area contributed by atoms with Gasteiger partial charge in [-0.15, -0.1) is 0 Å². The maximum absolute atomic E-state index is 13.0. The van der Waals surface area contributed by atoms with Crippen LogP contribution >= 0.6 is 11.6 Å². The van der Waals surface area contributed by atoms with Crippen molar-refractivity contribution in [2.75, 3.05) is 52.8 Å². The minimum atomic E-state index is -0.809. The number of ether oxygens (including phenoxy) is 2. The fourth-order valence-electron chi connectivity index (χ4n) is 4.68. The van der Waals surface area contributed by atoms with Crippen molar-refractivity contribution in [3.8, 4) is 28.8 Å². The Kier molecular flexibility index (Phi) is 8.31. The van der Waals surface area contributed by atoms with E-state index in [2.05, 4.69) is 37.8 Å². The average Bonchev–Trinajstić information content (AvgIpc) is 3.29. The second-order valence-corrected chi connectivity index (χ2v) is 10.5. The summed E-state index contributed by atoms with van der Waals surface area (Å²) < 4.78 is 11.0. The van der Waals surface area contributed by atoms with Crippen LogP contribution in [-0.4, -0.2) is 79.7 Å². The third-order valence-corrected chi connectivity index (χ3v) is 7.02. The number of likely N-dealkylation sites (N-methyl/N-ethyl adjacent to an activating group) is 1. The Morgan fingerprint density at radius 1 is 1.32 bits per heavy atom. The minimum Gasteiger partial charge on any atom is -0.493 e. The highest BCUT2D eigenvalue weighted by Gasteiger charge is 2.38. The number of carbonyl (C=O) groups excluding carboxylic acids is 2. The van der Waals surface area contributed by atoms with E-state index in [0.29, 0.717) is 58.5 Å². The zero-order chi connectivity index (χ0) is 29.0. The number of para-hydroxylation sites is 1. The van der Waals surface area contributed by atoms with Crippen molar-refractivity contribution >= 4 is 34.8 Å². The number of nitrogens with one attached hydrogen (secondary N) is 4. The quantitative estimate of drug-likeness (QED) is 0.241. The molecule has 3 aromatic rings. The Morgan fingerprint density at radius 2 is 2.15 bits per heavy atom. The van der Waals surface area contributed by atoms with Gasteiger partial charge in [0.1, 0.15) is 5.54 Å². The van der Waals surface area contributed by atoms with Gasteiger partial charge in [0.2, 0.25) is 5.91 Å². The number of aromatic amines is 1. The first kappa shape index (κ1) is 28.2. The molecule has 11 heteroatoms. The highest BCUT2D eigenvalue weighted by atomic mass is 35.5. The lowest BCUT2D eigenvalue weighted by atomic mass is 9.96.